The van der Waals surface area contributed by atoms with Crippen LogP contribution in [0, 0.1) is 5.92 Å². The quantitative estimate of drug-likeness (QED) is 0.802. The lowest BCUT2D eigenvalue weighted by molar-refractivity contribution is 0.0944. The molecule has 2 fully saturated rings. The molecule has 1 aromatic rings. The first-order valence-corrected chi connectivity index (χ1v) is 6.35. The Bertz CT molecular complexity index is 394. The monoisotopic (exact) mass is 231 g/mol. The Hall–Kier alpha value is -1.29. The molecular formula is C13H17N3O. The molecule has 2 aliphatic heterocycles. The molecule has 1 N–H and O–H groups in total. The van der Waals surface area contributed by atoms with E-state index in [9.17, 15) is 4.79 Å². The minimum Gasteiger partial charge on any atom is -0.311 e. The Balaban J connectivity index is 1.62. The van der Waals surface area contributed by atoms with Crippen molar-refractivity contribution in [2.24, 2.45) is 5.92 Å². The molecule has 4 heteroatoms. The third kappa shape index (κ3) is 2.36. The van der Waals surface area contributed by atoms with Gasteiger partial charge in [0.05, 0.1) is 5.56 Å². The molecule has 2 saturated heterocycles. The molecule has 1 aromatic heterocycles. The number of carbonyl (C=O) groups is 1. The van der Waals surface area contributed by atoms with E-state index in [1.807, 2.05) is 0 Å². The first-order chi connectivity index (χ1) is 8.31. The fourth-order valence-electron chi connectivity index (χ4n) is 3.16. The highest BCUT2D eigenvalue weighted by atomic mass is 16.1. The summed E-state index contributed by atoms with van der Waals surface area (Å²) < 4.78 is 0. The van der Waals surface area contributed by atoms with Gasteiger partial charge in [-0.2, -0.15) is 0 Å². The molecule has 0 saturated carbocycles. The fourth-order valence-corrected chi connectivity index (χ4v) is 3.16. The number of rotatable bonds is 3. The second-order valence-electron chi connectivity index (χ2n) is 5.23. The Kier molecular flexibility index (Phi) is 2.89. The molecule has 0 spiro atoms. The summed E-state index contributed by atoms with van der Waals surface area (Å²) in [4.78, 5) is 19.8. The normalized spacial score (nSPS) is 31.4. The van der Waals surface area contributed by atoms with Crippen LogP contribution in [0.5, 0.6) is 0 Å². The molecular weight excluding hydrogens is 214 g/mol. The van der Waals surface area contributed by atoms with Gasteiger partial charge in [0.1, 0.15) is 6.33 Å². The molecule has 3 rings (SSSR count). The maximum Gasteiger partial charge on any atom is 0.166 e. The fraction of sp³-hybridized carbons (Fsp3) is 0.615. The number of hydrogen-bond donors (Lipinski definition) is 1. The Morgan fingerprint density at radius 1 is 1.24 bits per heavy atom. The Morgan fingerprint density at radius 2 is 1.88 bits per heavy atom. The Labute approximate surface area is 101 Å². The molecule has 2 unspecified atom stereocenters. The molecule has 3 heterocycles. The van der Waals surface area contributed by atoms with Crippen LogP contribution in [-0.4, -0.2) is 27.8 Å². The maximum atomic E-state index is 12.0. The zero-order valence-corrected chi connectivity index (χ0v) is 9.80. The zero-order valence-electron chi connectivity index (χ0n) is 9.80. The van der Waals surface area contributed by atoms with Gasteiger partial charge in [0.25, 0.3) is 0 Å². The summed E-state index contributed by atoms with van der Waals surface area (Å²) in [6.45, 7) is 0. The van der Waals surface area contributed by atoms with Gasteiger partial charge in [-0.1, -0.05) is 0 Å². The van der Waals surface area contributed by atoms with E-state index in [1.165, 1.54) is 19.2 Å². The van der Waals surface area contributed by atoms with Gasteiger partial charge >= 0.3 is 0 Å². The molecule has 2 atom stereocenters. The van der Waals surface area contributed by atoms with E-state index >= 15 is 0 Å². The van der Waals surface area contributed by atoms with Crippen LogP contribution in [0.4, 0.5) is 0 Å². The number of ketones is 1. The van der Waals surface area contributed by atoms with Crippen LogP contribution in [0.15, 0.2) is 18.7 Å². The summed E-state index contributed by atoms with van der Waals surface area (Å²) in [6, 6.07) is 1.30. The molecule has 0 radical (unpaired) electrons. The second-order valence-corrected chi connectivity index (χ2v) is 5.23. The number of nitrogens with one attached hydrogen (secondary N) is 1. The predicted molar refractivity (Wildman–Crippen MR) is 63.6 cm³/mol. The average Bonchev–Trinajstić information content (AvgIpc) is 2.70. The lowest BCUT2D eigenvalue weighted by Crippen LogP contribution is -2.38. The highest BCUT2D eigenvalue weighted by molar-refractivity contribution is 5.95. The van der Waals surface area contributed by atoms with Gasteiger partial charge in [-0.05, 0) is 31.6 Å². The Morgan fingerprint density at radius 3 is 2.53 bits per heavy atom. The van der Waals surface area contributed by atoms with E-state index in [0.29, 0.717) is 30.0 Å². The summed E-state index contributed by atoms with van der Waals surface area (Å²) in [5.74, 6) is 0.735. The molecule has 90 valence electrons. The molecule has 0 amide bonds. The van der Waals surface area contributed by atoms with Crippen LogP contribution in [0.3, 0.4) is 0 Å². The third-order valence-corrected chi connectivity index (χ3v) is 3.93. The highest BCUT2D eigenvalue weighted by Gasteiger charge is 2.34. The number of Topliss-reactive ketones (excluding diaryl/α,β-unsaturated/α-hetero) is 1. The van der Waals surface area contributed by atoms with Crippen LogP contribution in [0.2, 0.25) is 0 Å². The minimum absolute atomic E-state index is 0.192. The first kappa shape index (κ1) is 10.8. The molecule has 2 aliphatic rings. The number of aromatic nitrogens is 2. The van der Waals surface area contributed by atoms with Crippen LogP contribution in [0.1, 0.15) is 42.5 Å². The standard InChI is InChI=1S/C13H17N3O/c17-13(10-6-14-8-15-7-10)5-9-3-11-1-2-12(4-9)16-11/h6-9,11-12,16H,1-5H2. The van der Waals surface area contributed by atoms with E-state index in [1.54, 1.807) is 12.4 Å². The topological polar surface area (TPSA) is 54.9 Å². The van der Waals surface area contributed by atoms with Crippen molar-refractivity contribution in [1.82, 2.24) is 15.3 Å². The van der Waals surface area contributed by atoms with Gasteiger partial charge in [-0.25, -0.2) is 9.97 Å². The average molecular weight is 231 g/mol. The minimum atomic E-state index is 0.192. The van der Waals surface area contributed by atoms with Crippen molar-refractivity contribution in [1.29, 1.82) is 0 Å². The van der Waals surface area contributed by atoms with E-state index in [4.69, 9.17) is 0 Å². The maximum absolute atomic E-state index is 12.0. The highest BCUT2D eigenvalue weighted by Crippen LogP contribution is 2.33. The molecule has 0 aromatic carbocycles. The number of hydrogen-bond acceptors (Lipinski definition) is 4. The number of nitrogens with zero attached hydrogens (tertiary/aromatic N) is 2. The molecule has 17 heavy (non-hydrogen) atoms. The summed E-state index contributed by atoms with van der Waals surface area (Å²) >= 11 is 0. The van der Waals surface area contributed by atoms with Gasteiger partial charge in [0.15, 0.2) is 5.78 Å². The lowest BCUT2D eigenvalue weighted by atomic mass is 9.87. The predicted octanol–water partition coefficient (Wildman–Crippen LogP) is 1.58. The van der Waals surface area contributed by atoms with E-state index in [0.717, 1.165) is 12.8 Å². The van der Waals surface area contributed by atoms with Crippen molar-refractivity contribution in [3.8, 4) is 0 Å². The summed E-state index contributed by atoms with van der Waals surface area (Å²) in [5, 5.41) is 3.60. The van der Waals surface area contributed by atoms with Crippen molar-refractivity contribution < 1.29 is 4.79 Å². The van der Waals surface area contributed by atoms with Gasteiger partial charge in [-0.3, -0.25) is 4.79 Å². The van der Waals surface area contributed by atoms with Crippen molar-refractivity contribution >= 4 is 5.78 Å². The number of fused-ring (bicyclic) bond motifs is 2. The largest absolute Gasteiger partial charge is 0.311 e. The molecule has 2 bridgehead atoms. The van der Waals surface area contributed by atoms with Crippen LogP contribution < -0.4 is 5.32 Å². The number of piperidine rings is 1. The lowest BCUT2D eigenvalue weighted by Gasteiger charge is -2.28. The number of carbonyl (C=O) groups excluding carboxylic acids is 1. The van der Waals surface area contributed by atoms with Crippen LogP contribution >= 0.6 is 0 Å². The van der Waals surface area contributed by atoms with Crippen molar-refractivity contribution in [3.63, 3.8) is 0 Å². The van der Waals surface area contributed by atoms with Gasteiger partial charge in [0.2, 0.25) is 0 Å². The summed E-state index contributed by atoms with van der Waals surface area (Å²) in [5.41, 5.74) is 0.651. The van der Waals surface area contributed by atoms with Gasteiger partial charge in [-0.15, -0.1) is 0 Å². The van der Waals surface area contributed by atoms with E-state index < -0.39 is 0 Å². The van der Waals surface area contributed by atoms with E-state index in [2.05, 4.69) is 15.3 Å². The van der Waals surface area contributed by atoms with Crippen molar-refractivity contribution in [2.75, 3.05) is 0 Å². The molecule has 0 aliphatic carbocycles. The molecule has 4 nitrogen and oxygen atoms in total. The van der Waals surface area contributed by atoms with Crippen LogP contribution in [0.25, 0.3) is 0 Å². The van der Waals surface area contributed by atoms with Gasteiger partial charge in [0, 0.05) is 30.9 Å². The second kappa shape index (κ2) is 4.53. The third-order valence-electron chi connectivity index (χ3n) is 3.93. The van der Waals surface area contributed by atoms with Crippen LogP contribution in [-0.2, 0) is 0 Å². The zero-order chi connectivity index (χ0) is 11.7. The van der Waals surface area contributed by atoms with Gasteiger partial charge < -0.3 is 5.32 Å². The van der Waals surface area contributed by atoms with Crippen molar-refractivity contribution in [3.05, 3.63) is 24.3 Å². The first-order valence-electron chi connectivity index (χ1n) is 6.35. The SMILES string of the molecule is O=C(CC1CC2CCC(C1)N2)c1cncnc1. The smallest absolute Gasteiger partial charge is 0.166 e. The summed E-state index contributed by atoms with van der Waals surface area (Å²) in [6.07, 6.45) is 10.2. The van der Waals surface area contributed by atoms with E-state index in [-0.39, 0.29) is 5.78 Å². The summed E-state index contributed by atoms with van der Waals surface area (Å²) in [7, 11) is 0. The van der Waals surface area contributed by atoms with Crippen molar-refractivity contribution in [2.45, 2.75) is 44.2 Å².